The van der Waals surface area contributed by atoms with E-state index in [-0.39, 0.29) is 18.2 Å². The Kier molecular flexibility index (Phi) is 7.07. The van der Waals surface area contributed by atoms with E-state index in [0.717, 1.165) is 58.5 Å². The number of nitrogens with zero attached hydrogens (tertiary/aromatic N) is 1. The molecular weight excluding hydrogens is 346 g/mol. The maximum Gasteiger partial charge on any atom is 0.315 e. The monoisotopic (exact) mass is 377 g/mol. The average Bonchev–Trinajstić information content (AvgIpc) is 3.14. The first-order chi connectivity index (χ1) is 13.1. The summed E-state index contributed by atoms with van der Waals surface area (Å²) in [7, 11) is 0. The first-order valence-corrected chi connectivity index (χ1v) is 9.84. The molecule has 7 nitrogen and oxygen atoms in total. The number of benzene rings is 1. The van der Waals surface area contributed by atoms with Crippen molar-refractivity contribution in [3.8, 4) is 0 Å². The lowest BCUT2D eigenvalue weighted by Crippen LogP contribution is -2.59. The van der Waals surface area contributed by atoms with Gasteiger partial charge in [-0.05, 0) is 18.4 Å². The molecule has 0 spiro atoms. The van der Waals surface area contributed by atoms with Crippen molar-refractivity contribution < 1.29 is 19.7 Å². The van der Waals surface area contributed by atoms with Crippen LogP contribution in [0.5, 0.6) is 0 Å². The summed E-state index contributed by atoms with van der Waals surface area (Å²) in [4.78, 5) is 15.0. The third-order valence-electron chi connectivity index (χ3n) is 5.60. The van der Waals surface area contributed by atoms with Crippen molar-refractivity contribution in [3.05, 3.63) is 35.9 Å². The first kappa shape index (κ1) is 20.1. The van der Waals surface area contributed by atoms with Gasteiger partial charge in [-0.3, -0.25) is 4.90 Å². The lowest BCUT2D eigenvalue weighted by atomic mass is 9.96. The van der Waals surface area contributed by atoms with E-state index in [4.69, 9.17) is 4.74 Å². The molecule has 2 amide bonds. The van der Waals surface area contributed by atoms with Crippen LogP contribution in [0.1, 0.15) is 37.4 Å². The minimum Gasteiger partial charge on any atom is -0.394 e. The number of carbonyl (C=O) groups is 1. The van der Waals surface area contributed by atoms with E-state index in [1.807, 2.05) is 18.2 Å². The van der Waals surface area contributed by atoms with Crippen LogP contribution in [0.3, 0.4) is 0 Å². The highest BCUT2D eigenvalue weighted by atomic mass is 16.5. The van der Waals surface area contributed by atoms with E-state index >= 15 is 0 Å². The smallest absolute Gasteiger partial charge is 0.315 e. The Hall–Kier alpha value is -1.67. The number of aliphatic hydroxyl groups excluding tert-OH is 2. The molecule has 2 atom stereocenters. The van der Waals surface area contributed by atoms with Crippen LogP contribution < -0.4 is 10.6 Å². The Bertz CT molecular complexity index is 586. The second-order valence-electron chi connectivity index (χ2n) is 7.62. The summed E-state index contributed by atoms with van der Waals surface area (Å²) < 4.78 is 5.42. The van der Waals surface area contributed by atoms with Gasteiger partial charge in [0.05, 0.1) is 31.4 Å². The van der Waals surface area contributed by atoms with Crippen LogP contribution in [0.25, 0.3) is 0 Å². The van der Waals surface area contributed by atoms with Crippen molar-refractivity contribution in [2.45, 2.75) is 43.4 Å². The Labute approximate surface area is 160 Å². The van der Waals surface area contributed by atoms with Gasteiger partial charge in [-0.15, -0.1) is 0 Å². The second kappa shape index (κ2) is 9.50. The highest BCUT2D eigenvalue weighted by Crippen LogP contribution is 2.31. The molecule has 1 aromatic rings. The molecule has 27 heavy (non-hydrogen) atoms. The van der Waals surface area contributed by atoms with Gasteiger partial charge in [-0.2, -0.15) is 0 Å². The van der Waals surface area contributed by atoms with Gasteiger partial charge in [0.25, 0.3) is 0 Å². The van der Waals surface area contributed by atoms with Gasteiger partial charge in [0.15, 0.2) is 0 Å². The minimum atomic E-state index is -0.958. The standard InChI is InChI=1S/C20H31N3O4/c24-14-17(18(25)16-6-2-1-3-7-16)21-19(26)22-20(8-4-5-9-20)15-23-10-12-27-13-11-23/h1-3,6-7,17-18,24-25H,4-5,8-15H2,(H2,21,22,26)/t17-,18-/m0/s1. The van der Waals surface area contributed by atoms with Gasteiger partial charge >= 0.3 is 6.03 Å². The summed E-state index contributed by atoms with van der Waals surface area (Å²) in [6.45, 7) is 3.72. The molecule has 0 radical (unpaired) electrons. The molecule has 1 aliphatic heterocycles. The predicted octanol–water partition coefficient (Wildman–Crippen LogP) is 1.03. The molecule has 2 fully saturated rings. The SMILES string of the molecule is O=C(N[C@@H](CO)[C@@H](O)c1ccccc1)NC1(CN2CCOCC2)CCCC1. The Morgan fingerprint density at radius 1 is 1.19 bits per heavy atom. The van der Waals surface area contributed by atoms with E-state index in [0.29, 0.717) is 5.56 Å². The number of morpholine rings is 1. The Morgan fingerprint density at radius 2 is 1.85 bits per heavy atom. The predicted molar refractivity (Wildman–Crippen MR) is 102 cm³/mol. The highest BCUT2D eigenvalue weighted by molar-refractivity contribution is 5.75. The van der Waals surface area contributed by atoms with Gasteiger partial charge in [0.1, 0.15) is 6.10 Å². The molecule has 3 rings (SSSR count). The van der Waals surface area contributed by atoms with Gasteiger partial charge in [0, 0.05) is 19.6 Å². The third kappa shape index (κ3) is 5.42. The molecule has 0 unspecified atom stereocenters. The maximum atomic E-state index is 12.7. The normalized spacial score (nSPS) is 22.1. The van der Waals surface area contributed by atoms with Crippen LogP contribution in [0.4, 0.5) is 4.79 Å². The van der Waals surface area contributed by atoms with Crippen LogP contribution >= 0.6 is 0 Å². The number of rotatable bonds is 7. The molecule has 1 aromatic carbocycles. The zero-order valence-electron chi connectivity index (χ0n) is 15.8. The van der Waals surface area contributed by atoms with Gasteiger partial charge in [-0.25, -0.2) is 4.79 Å². The Morgan fingerprint density at radius 3 is 2.48 bits per heavy atom. The summed E-state index contributed by atoms with van der Waals surface area (Å²) in [5, 5.41) is 26.1. The molecule has 0 bridgehead atoms. The summed E-state index contributed by atoms with van der Waals surface area (Å²) in [6.07, 6.45) is 3.13. The van der Waals surface area contributed by atoms with Crippen molar-refractivity contribution in [2.24, 2.45) is 0 Å². The number of hydrogen-bond donors (Lipinski definition) is 4. The van der Waals surface area contributed by atoms with Crippen molar-refractivity contribution in [1.29, 1.82) is 0 Å². The fraction of sp³-hybridized carbons (Fsp3) is 0.650. The van der Waals surface area contributed by atoms with Crippen LogP contribution in [-0.4, -0.2) is 72.2 Å². The Balaban J connectivity index is 1.59. The topological polar surface area (TPSA) is 94.1 Å². The molecule has 1 saturated carbocycles. The van der Waals surface area contributed by atoms with E-state index in [9.17, 15) is 15.0 Å². The molecule has 2 aliphatic rings. The number of aliphatic hydroxyl groups is 2. The fourth-order valence-electron chi connectivity index (χ4n) is 4.11. The first-order valence-electron chi connectivity index (χ1n) is 9.84. The van der Waals surface area contributed by atoms with Crippen molar-refractivity contribution >= 4 is 6.03 Å². The second-order valence-corrected chi connectivity index (χ2v) is 7.62. The minimum absolute atomic E-state index is 0.251. The summed E-state index contributed by atoms with van der Waals surface area (Å²) in [5.74, 6) is 0. The lowest BCUT2D eigenvalue weighted by Gasteiger charge is -2.38. The van der Waals surface area contributed by atoms with Crippen molar-refractivity contribution in [3.63, 3.8) is 0 Å². The molecule has 4 N–H and O–H groups in total. The van der Waals surface area contributed by atoms with Gasteiger partial charge in [-0.1, -0.05) is 43.2 Å². The number of urea groups is 1. The van der Waals surface area contributed by atoms with Gasteiger partial charge in [0.2, 0.25) is 0 Å². The molecule has 1 heterocycles. The number of carbonyl (C=O) groups excluding carboxylic acids is 1. The number of amides is 2. The lowest BCUT2D eigenvalue weighted by molar-refractivity contribution is 0.0248. The largest absolute Gasteiger partial charge is 0.394 e. The van der Waals surface area contributed by atoms with E-state index in [1.54, 1.807) is 12.1 Å². The quantitative estimate of drug-likeness (QED) is 0.569. The zero-order chi connectivity index (χ0) is 19.1. The molecule has 1 saturated heterocycles. The van der Waals surface area contributed by atoms with Crippen LogP contribution in [0.15, 0.2) is 30.3 Å². The maximum absolute atomic E-state index is 12.7. The zero-order valence-corrected chi connectivity index (χ0v) is 15.8. The van der Waals surface area contributed by atoms with Crippen molar-refractivity contribution in [2.75, 3.05) is 39.5 Å². The molecule has 150 valence electrons. The summed E-state index contributed by atoms with van der Waals surface area (Å²) in [5.41, 5.74) is 0.416. The highest BCUT2D eigenvalue weighted by Gasteiger charge is 2.38. The van der Waals surface area contributed by atoms with E-state index < -0.39 is 12.1 Å². The summed E-state index contributed by atoms with van der Waals surface area (Å²) >= 11 is 0. The van der Waals surface area contributed by atoms with Crippen LogP contribution in [0, 0.1) is 0 Å². The van der Waals surface area contributed by atoms with E-state index in [2.05, 4.69) is 15.5 Å². The van der Waals surface area contributed by atoms with Crippen LogP contribution in [0.2, 0.25) is 0 Å². The number of nitrogens with one attached hydrogen (secondary N) is 2. The van der Waals surface area contributed by atoms with E-state index in [1.165, 1.54) is 0 Å². The molecular formula is C20H31N3O4. The molecule has 7 heteroatoms. The number of hydrogen-bond acceptors (Lipinski definition) is 5. The summed E-state index contributed by atoms with van der Waals surface area (Å²) in [6, 6.07) is 7.98. The number of ether oxygens (including phenoxy) is 1. The average molecular weight is 377 g/mol. The third-order valence-corrected chi connectivity index (χ3v) is 5.60. The van der Waals surface area contributed by atoms with Crippen molar-refractivity contribution in [1.82, 2.24) is 15.5 Å². The van der Waals surface area contributed by atoms with Crippen LogP contribution in [-0.2, 0) is 4.74 Å². The molecule has 0 aromatic heterocycles. The van der Waals surface area contributed by atoms with Gasteiger partial charge < -0.3 is 25.6 Å². The molecule has 1 aliphatic carbocycles. The fourth-order valence-corrected chi connectivity index (χ4v) is 4.11.